The lowest BCUT2D eigenvalue weighted by Crippen LogP contribution is -2.41. The number of hydrogen-bond donors (Lipinski definition) is 3. The van der Waals surface area contributed by atoms with Gasteiger partial charge in [0.15, 0.2) is 0 Å². The van der Waals surface area contributed by atoms with E-state index in [1.807, 2.05) is 30.3 Å². The summed E-state index contributed by atoms with van der Waals surface area (Å²) in [7, 11) is 0. The van der Waals surface area contributed by atoms with Crippen molar-refractivity contribution in [1.29, 1.82) is 0 Å². The second kappa shape index (κ2) is 5.91. The molecule has 96 valence electrons. The minimum atomic E-state index is -0.386. The molecule has 0 aromatic heterocycles. The number of carbonyl (C=O) groups excluding carboxylic acids is 2. The third-order valence-corrected chi connectivity index (χ3v) is 3.32. The van der Waals surface area contributed by atoms with E-state index in [1.54, 1.807) is 0 Å². The fourth-order valence-electron chi connectivity index (χ4n) is 1.93. The third-order valence-electron chi connectivity index (χ3n) is 2.90. The van der Waals surface area contributed by atoms with Crippen LogP contribution in [0.15, 0.2) is 30.3 Å². The van der Waals surface area contributed by atoms with Crippen LogP contribution in [0.3, 0.4) is 0 Å². The van der Waals surface area contributed by atoms with Gasteiger partial charge in [-0.25, -0.2) is 0 Å². The normalized spacial score (nSPS) is 20.3. The summed E-state index contributed by atoms with van der Waals surface area (Å²) in [6.07, 6.45) is 0.946. The molecule has 2 rings (SSSR count). The van der Waals surface area contributed by atoms with Crippen LogP contribution >= 0.6 is 12.6 Å². The Morgan fingerprint density at radius 1 is 1.44 bits per heavy atom. The summed E-state index contributed by atoms with van der Waals surface area (Å²) in [4.78, 5) is 22.9. The van der Waals surface area contributed by atoms with Crippen LogP contribution in [0.4, 0.5) is 0 Å². The number of nitrogens with one attached hydrogen (secondary N) is 2. The molecule has 1 saturated heterocycles. The van der Waals surface area contributed by atoms with Gasteiger partial charge in [-0.3, -0.25) is 9.59 Å². The molecular formula is C13H16N2O2S. The van der Waals surface area contributed by atoms with E-state index in [0.717, 1.165) is 5.56 Å². The van der Waals surface area contributed by atoms with E-state index in [4.69, 9.17) is 0 Å². The van der Waals surface area contributed by atoms with Gasteiger partial charge < -0.3 is 10.6 Å². The van der Waals surface area contributed by atoms with Gasteiger partial charge in [-0.1, -0.05) is 30.3 Å². The molecule has 2 atom stereocenters. The fraction of sp³-hybridized carbons (Fsp3) is 0.385. The van der Waals surface area contributed by atoms with Crippen molar-refractivity contribution in [2.75, 3.05) is 6.54 Å². The van der Waals surface area contributed by atoms with Gasteiger partial charge in [0.2, 0.25) is 11.8 Å². The van der Waals surface area contributed by atoms with E-state index in [1.165, 1.54) is 0 Å². The van der Waals surface area contributed by atoms with Crippen molar-refractivity contribution >= 4 is 24.4 Å². The standard InChI is InChI=1S/C13H16N2O2S/c16-12-7-10(8-14-12)15-13(17)11(18)6-9-4-2-1-3-5-9/h1-5,10-11,18H,6-8H2,(H,14,16)(H,15,17). The first-order chi connectivity index (χ1) is 8.65. The van der Waals surface area contributed by atoms with Crippen LogP contribution in [0.1, 0.15) is 12.0 Å². The highest BCUT2D eigenvalue weighted by Crippen LogP contribution is 2.09. The number of benzene rings is 1. The van der Waals surface area contributed by atoms with Crippen molar-refractivity contribution in [2.45, 2.75) is 24.1 Å². The predicted molar refractivity (Wildman–Crippen MR) is 72.5 cm³/mol. The molecule has 0 aliphatic carbocycles. The second-order valence-corrected chi connectivity index (χ2v) is 5.04. The average Bonchev–Trinajstić information content (AvgIpc) is 2.76. The summed E-state index contributed by atoms with van der Waals surface area (Å²) in [6.45, 7) is 0.510. The predicted octanol–water partition coefficient (Wildman–Crippen LogP) is 0.532. The third kappa shape index (κ3) is 3.50. The minimum Gasteiger partial charge on any atom is -0.354 e. The summed E-state index contributed by atoms with van der Waals surface area (Å²) in [5.41, 5.74) is 1.08. The van der Waals surface area contributed by atoms with Gasteiger partial charge in [0.25, 0.3) is 0 Å². The van der Waals surface area contributed by atoms with E-state index >= 15 is 0 Å². The van der Waals surface area contributed by atoms with Crippen LogP contribution in [0.25, 0.3) is 0 Å². The Bertz CT molecular complexity index is 436. The molecule has 1 aliphatic heterocycles. The Morgan fingerprint density at radius 2 is 2.17 bits per heavy atom. The maximum Gasteiger partial charge on any atom is 0.233 e. The Morgan fingerprint density at radius 3 is 2.78 bits per heavy atom. The van der Waals surface area contributed by atoms with Gasteiger partial charge in [0.1, 0.15) is 0 Å². The molecule has 1 aliphatic rings. The van der Waals surface area contributed by atoms with Crippen LogP contribution in [-0.4, -0.2) is 29.7 Å². The first kappa shape index (κ1) is 13.0. The van der Waals surface area contributed by atoms with Gasteiger partial charge in [-0.2, -0.15) is 12.6 Å². The lowest BCUT2D eigenvalue weighted by atomic mass is 10.1. The van der Waals surface area contributed by atoms with Crippen molar-refractivity contribution in [3.05, 3.63) is 35.9 Å². The molecule has 2 unspecified atom stereocenters. The molecule has 0 bridgehead atoms. The Balaban J connectivity index is 1.83. The zero-order valence-electron chi connectivity index (χ0n) is 9.93. The number of hydrogen-bond acceptors (Lipinski definition) is 3. The van der Waals surface area contributed by atoms with E-state index in [9.17, 15) is 9.59 Å². The molecule has 1 aromatic rings. The molecule has 0 radical (unpaired) electrons. The van der Waals surface area contributed by atoms with Crippen molar-refractivity contribution in [3.8, 4) is 0 Å². The first-order valence-corrected chi connectivity index (χ1v) is 6.46. The lowest BCUT2D eigenvalue weighted by molar-refractivity contribution is -0.121. The monoisotopic (exact) mass is 264 g/mol. The van der Waals surface area contributed by atoms with Crippen molar-refractivity contribution in [2.24, 2.45) is 0 Å². The van der Waals surface area contributed by atoms with Gasteiger partial charge in [-0.05, 0) is 12.0 Å². The fourth-order valence-corrected chi connectivity index (χ4v) is 2.22. The highest BCUT2D eigenvalue weighted by Gasteiger charge is 2.25. The molecule has 4 nitrogen and oxygen atoms in total. The second-order valence-electron chi connectivity index (χ2n) is 4.42. The molecule has 5 heteroatoms. The number of carbonyl (C=O) groups is 2. The van der Waals surface area contributed by atoms with Gasteiger partial charge >= 0.3 is 0 Å². The van der Waals surface area contributed by atoms with Gasteiger partial charge in [-0.15, -0.1) is 0 Å². The van der Waals surface area contributed by atoms with E-state index in [0.29, 0.717) is 19.4 Å². The largest absolute Gasteiger partial charge is 0.354 e. The molecule has 0 saturated carbocycles. The highest BCUT2D eigenvalue weighted by atomic mass is 32.1. The molecule has 0 spiro atoms. The lowest BCUT2D eigenvalue weighted by Gasteiger charge is -2.15. The maximum absolute atomic E-state index is 11.9. The molecule has 18 heavy (non-hydrogen) atoms. The molecule has 2 N–H and O–H groups in total. The van der Waals surface area contributed by atoms with Crippen molar-refractivity contribution in [1.82, 2.24) is 10.6 Å². The average molecular weight is 264 g/mol. The summed E-state index contributed by atoms with van der Waals surface area (Å²) in [5, 5.41) is 5.13. The maximum atomic E-state index is 11.9. The summed E-state index contributed by atoms with van der Waals surface area (Å²) in [6, 6.07) is 9.65. The Hall–Kier alpha value is -1.49. The first-order valence-electron chi connectivity index (χ1n) is 5.94. The molecule has 2 amide bonds. The SMILES string of the molecule is O=C1CC(NC(=O)C(S)Cc2ccccc2)CN1. The van der Waals surface area contributed by atoms with Gasteiger partial charge in [0, 0.05) is 13.0 Å². The van der Waals surface area contributed by atoms with E-state index in [2.05, 4.69) is 23.3 Å². The quantitative estimate of drug-likeness (QED) is 0.695. The van der Waals surface area contributed by atoms with Crippen molar-refractivity contribution < 1.29 is 9.59 Å². The topological polar surface area (TPSA) is 58.2 Å². The minimum absolute atomic E-state index is 0.0147. The number of rotatable bonds is 4. The van der Waals surface area contributed by atoms with Crippen LogP contribution in [0.5, 0.6) is 0 Å². The molecular weight excluding hydrogens is 248 g/mol. The molecule has 1 heterocycles. The Labute approximate surface area is 112 Å². The van der Waals surface area contributed by atoms with Gasteiger partial charge in [0.05, 0.1) is 11.3 Å². The number of thiol groups is 1. The summed E-state index contributed by atoms with van der Waals surface area (Å²) < 4.78 is 0. The van der Waals surface area contributed by atoms with Crippen LogP contribution < -0.4 is 10.6 Å². The smallest absolute Gasteiger partial charge is 0.233 e. The molecule has 1 aromatic carbocycles. The van der Waals surface area contributed by atoms with E-state index in [-0.39, 0.29) is 23.1 Å². The molecule has 1 fully saturated rings. The Kier molecular flexibility index (Phi) is 4.25. The highest BCUT2D eigenvalue weighted by molar-refractivity contribution is 7.81. The van der Waals surface area contributed by atoms with Crippen LogP contribution in [0, 0.1) is 0 Å². The van der Waals surface area contributed by atoms with E-state index < -0.39 is 0 Å². The van der Waals surface area contributed by atoms with Crippen LogP contribution in [0.2, 0.25) is 0 Å². The summed E-state index contributed by atoms with van der Waals surface area (Å²) in [5.74, 6) is -0.136. The van der Waals surface area contributed by atoms with Crippen molar-refractivity contribution in [3.63, 3.8) is 0 Å². The summed E-state index contributed by atoms with van der Waals surface area (Å²) >= 11 is 4.31. The number of amides is 2. The zero-order valence-corrected chi connectivity index (χ0v) is 10.8. The zero-order chi connectivity index (χ0) is 13.0. The van der Waals surface area contributed by atoms with Crippen LogP contribution in [-0.2, 0) is 16.0 Å².